The largest absolute Gasteiger partial charge is 0.287 e. The number of carbonyl (C=O) groups excluding carboxylic acids is 1. The molecular weight excluding hydrogens is 327 g/mol. The highest BCUT2D eigenvalue weighted by Crippen LogP contribution is 2.30. The maximum Gasteiger partial charge on any atom is 0.261 e. The van der Waals surface area contributed by atoms with Crippen LogP contribution in [-0.4, -0.2) is 17.9 Å². The van der Waals surface area contributed by atoms with Crippen LogP contribution >= 0.6 is 34.5 Å². The second-order valence-electron chi connectivity index (χ2n) is 4.45. The summed E-state index contributed by atoms with van der Waals surface area (Å²) in [6.07, 6.45) is 0. The summed E-state index contributed by atoms with van der Waals surface area (Å²) in [6.45, 7) is 0. The van der Waals surface area contributed by atoms with Gasteiger partial charge in [-0.2, -0.15) is 0 Å². The number of thiazole rings is 1. The van der Waals surface area contributed by atoms with Crippen LogP contribution in [0.2, 0.25) is 10.0 Å². The van der Waals surface area contributed by atoms with Crippen LogP contribution in [0.5, 0.6) is 0 Å². The Morgan fingerprint density at radius 2 is 1.95 bits per heavy atom. The van der Waals surface area contributed by atoms with E-state index in [1.54, 1.807) is 25.2 Å². The third kappa shape index (κ3) is 2.75. The van der Waals surface area contributed by atoms with Crippen molar-refractivity contribution in [2.24, 2.45) is 0 Å². The van der Waals surface area contributed by atoms with Crippen molar-refractivity contribution in [2.45, 2.75) is 0 Å². The number of amides is 1. The number of fused-ring (bicyclic) bond motifs is 1. The fourth-order valence-electron chi connectivity index (χ4n) is 1.93. The number of benzene rings is 2. The van der Waals surface area contributed by atoms with E-state index >= 15 is 0 Å². The molecule has 3 nitrogen and oxygen atoms in total. The van der Waals surface area contributed by atoms with Gasteiger partial charge in [0.25, 0.3) is 5.91 Å². The number of hydrogen-bond donors (Lipinski definition) is 0. The van der Waals surface area contributed by atoms with E-state index in [9.17, 15) is 4.79 Å². The first kappa shape index (κ1) is 14.3. The average Bonchev–Trinajstić information content (AvgIpc) is 2.92. The summed E-state index contributed by atoms with van der Waals surface area (Å²) in [6, 6.07) is 12.6. The molecule has 0 saturated heterocycles. The van der Waals surface area contributed by atoms with Gasteiger partial charge in [-0.1, -0.05) is 46.7 Å². The number of anilines is 1. The molecule has 0 N–H and O–H groups in total. The molecule has 1 heterocycles. The van der Waals surface area contributed by atoms with Gasteiger partial charge >= 0.3 is 0 Å². The number of halogens is 2. The fourth-order valence-corrected chi connectivity index (χ4v) is 3.23. The normalized spacial score (nSPS) is 10.8. The maximum atomic E-state index is 12.5. The maximum absolute atomic E-state index is 12.5. The molecule has 2 aromatic carbocycles. The van der Waals surface area contributed by atoms with Gasteiger partial charge in [-0.25, -0.2) is 4.98 Å². The van der Waals surface area contributed by atoms with Crippen LogP contribution in [0, 0.1) is 0 Å². The Balaban J connectivity index is 1.99. The molecule has 0 radical (unpaired) electrons. The molecule has 0 saturated carbocycles. The Kier molecular flexibility index (Phi) is 3.85. The van der Waals surface area contributed by atoms with Gasteiger partial charge in [0.15, 0.2) is 5.13 Å². The van der Waals surface area contributed by atoms with E-state index in [1.807, 2.05) is 24.3 Å². The molecule has 0 unspecified atom stereocenters. The fraction of sp³-hybridized carbons (Fsp3) is 0.0667. The number of aromatic nitrogens is 1. The minimum absolute atomic E-state index is 0.235. The van der Waals surface area contributed by atoms with Crippen molar-refractivity contribution >= 4 is 55.8 Å². The smallest absolute Gasteiger partial charge is 0.261 e. The van der Waals surface area contributed by atoms with Gasteiger partial charge in [0.1, 0.15) is 0 Å². The molecule has 0 spiro atoms. The summed E-state index contributed by atoms with van der Waals surface area (Å²) in [5.74, 6) is -0.235. The Hall–Kier alpha value is -1.62. The standard InChI is InChI=1S/C15H10Cl2N2OS/c1-19(14(20)10-8-9(16)6-7-11(10)17)15-18-12-4-2-3-5-13(12)21-15/h2-8H,1H3. The minimum atomic E-state index is -0.235. The molecule has 21 heavy (non-hydrogen) atoms. The predicted octanol–water partition coefficient (Wildman–Crippen LogP) is 4.88. The zero-order valence-electron chi connectivity index (χ0n) is 11.0. The lowest BCUT2D eigenvalue weighted by atomic mass is 10.2. The van der Waals surface area contributed by atoms with Gasteiger partial charge in [-0.3, -0.25) is 9.69 Å². The zero-order chi connectivity index (χ0) is 15.0. The minimum Gasteiger partial charge on any atom is -0.287 e. The first-order valence-corrected chi connectivity index (χ1v) is 7.72. The van der Waals surface area contributed by atoms with Crippen molar-refractivity contribution in [1.29, 1.82) is 0 Å². The number of nitrogens with zero attached hydrogens (tertiary/aromatic N) is 2. The average molecular weight is 337 g/mol. The summed E-state index contributed by atoms with van der Waals surface area (Å²) in [5.41, 5.74) is 1.24. The highest BCUT2D eigenvalue weighted by atomic mass is 35.5. The van der Waals surface area contributed by atoms with Crippen molar-refractivity contribution in [2.75, 3.05) is 11.9 Å². The van der Waals surface area contributed by atoms with E-state index < -0.39 is 0 Å². The van der Waals surface area contributed by atoms with Crippen molar-refractivity contribution in [3.8, 4) is 0 Å². The Bertz CT molecular complexity index is 798. The first-order valence-electron chi connectivity index (χ1n) is 6.15. The lowest BCUT2D eigenvalue weighted by Crippen LogP contribution is -2.26. The Morgan fingerprint density at radius 3 is 2.71 bits per heavy atom. The van der Waals surface area contributed by atoms with Gasteiger partial charge in [0.2, 0.25) is 0 Å². The number of hydrogen-bond acceptors (Lipinski definition) is 3. The lowest BCUT2D eigenvalue weighted by molar-refractivity contribution is 0.0993. The topological polar surface area (TPSA) is 33.2 Å². The molecule has 106 valence electrons. The highest BCUT2D eigenvalue weighted by molar-refractivity contribution is 7.22. The van der Waals surface area contributed by atoms with E-state index in [1.165, 1.54) is 16.2 Å². The Morgan fingerprint density at radius 1 is 1.19 bits per heavy atom. The van der Waals surface area contributed by atoms with Gasteiger partial charge in [-0.15, -0.1) is 0 Å². The molecule has 0 aliphatic heterocycles. The molecule has 1 aromatic heterocycles. The van der Waals surface area contributed by atoms with Crippen molar-refractivity contribution in [1.82, 2.24) is 4.98 Å². The van der Waals surface area contributed by atoms with Crippen LogP contribution in [0.15, 0.2) is 42.5 Å². The Labute approximate surface area is 135 Å². The molecule has 0 aliphatic rings. The summed E-state index contributed by atoms with van der Waals surface area (Å²) < 4.78 is 1.03. The third-order valence-corrected chi connectivity index (χ3v) is 4.71. The van der Waals surface area contributed by atoms with Crippen LogP contribution in [0.25, 0.3) is 10.2 Å². The van der Waals surface area contributed by atoms with E-state index in [2.05, 4.69) is 4.98 Å². The van der Waals surface area contributed by atoms with Crippen molar-refractivity contribution in [3.05, 3.63) is 58.1 Å². The number of carbonyl (C=O) groups is 1. The van der Waals surface area contributed by atoms with Crippen LogP contribution in [0.3, 0.4) is 0 Å². The van der Waals surface area contributed by atoms with Gasteiger partial charge in [0, 0.05) is 12.1 Å². The molecule has 0 fully saturated rings. The number of para-hydroxylation sites is 1. The predicted molar refractivity (Wildman–Crippen MR) is 88.8 cm³/mol. The van der Waals surface area contributed by atoms with Gasteiger partial charge in [0.05, 0.1) is 20.8 Å². The highest BCUT2D eigenvalue weighted by Gasteiger charge is 2.19. The second-order valence-corrected chi connectivity index (χ2v) is 6.31. The monoisotopic (exact) mass is 336 g/mol. The SMILES string of the molecule is CN(C(=O)c1cc(Cl)ccc1Cl)c1nc2ccccc2s1. The van der Waals surface area contributed by atoms with E-state index in [-0.39, 0.29) is 5.91 Å². The van der Waals surface area contributed by atoms with Gasteiger partial charge in [-0.05, 0) is 30.3 Å². The molecule has 6 heteroatoms. The van der Waals surface area contributed by atoms with Crippen LogP contribution in [0.1, 0.15) is 10.4 Å². The zero-order valence-corrected chi connectivity index (χ0v) is 13.3. The molecule has 3 aromatic rings. The first-order chi connectivity index (χ1) is 10.1. The van der Waals surface area contributed by atoms with E-state index in [0.29, 0.717) is 20.7 Å². The van der Waals surface area contributed by atoms with E-state index in [0.717, 1.165) is 10.2 Å². The molecular formula is C15H10Cl2N2OS. The van der Waals surface area contributed by atoms with Crippen LogP contribution in [0.4, 0.5) is 5.13 Å². The summed E-state index contributed by atoms with van der Waals surface area (Å²) in [7, 11) is 1.68. The summed E-state index contributed by atoms with van der Waals surface area (Å²) in [5, 5.41) is 1.47. The molecule has 1 amide bonds. The van der Waals surface area contributed by atoms with Crippen molar-refractivity contribution in [3.63, 3.8) is 0 Å². The number of rotatable bonds is 2. The molecule has 0 atom stereocenters. The van der Waals surface area contributed by atoms with Crippen molar-refractivity contribution < 1.29 is 4.79 Å². The third-order valence-electron chi connectivity index (χ3n) is 3.03. The molecule has 0 aliphatic carbocycles. The summed E-state index contributed by atoms with van der Waals surface area (Å²) in [4.78, 5) is 18.5. The quantitative estimate of drug-likeness (QED) is 0.668. The molecule has 0 bridgehead atoms. The van der Waals surface area contributed by atoms with Gasteiger partial charge < -0.3 is 0 Å². The second kappa shape index (κ2) is 5.64. The van der Waals surface area contributed by atoms with Crippen LogP contribution in [-0.2, 0) is 0 Å². The van der Waals surface area contributed by atoms with Crippen LogP contribution < -0.4 is 4.90 Å². The van der Waals surface area contributed by atoms with E-state index in [4.69, 9.17) is 23.2 Å². The lowest BCUT2D eigenvalue weighted by Gasteiger charge is -2.14. The summed E-state index contributed by atoms with van der Waals surface area (Å²) >= 11 is 13.5. The molecule has 3 rings (SSSR count).